The molecule has 0 saturated carbocycles. The second kappa shape index (κ2) is 8.68. The molecule has 1 aliphatic heterocycles. The Balaban J connectivity index is 1.40. The third-order valence-electron chi connectivity index (χ3n) is 4.96. The van der Waals surface area contributed by atoms with Crippen LogP contribution in [0.4, 0.5) is 10.3 Å². The molecular weight excluding hydrogens is 439 g/mol. The number of aromatic nitrogens is 5. The summed E-state index contributed by atoms with van der Waals surface area (Å²) in [5, 5.41) is 14.3. The van der Waals surface area contributed by atoms with Gasteiger partial charge in [0.2, 0.25) is 5.95 Å². The number of anilines is 1. The van der Waals surface area contributed by atoms with Gasteiger partial charge in [0.25, 0.3) is 5.89 Å². The average molecular weight is 457 g/mol. The molecule has 0 radical (unpaired) electrons. The quantitative estimate of drug-likeness (QED) is 0.378. The van der Waals surface area contributed by atoms with Crippen LogP contribution in [0.15, 0.2) is 58.2 Å². The molecule has 7 nitrogen and oxygen atoms in total. The van der Waals surface area contributed by atoms with Gasteiger partial charge in [0.1, 0.15) is 5.82 Å². The van der Waals surface area contributed by atoms with E-state index in [1.807, 2.05) is 28.8 Å². The highest BCUT2D eigenvalue weighted by Crippen LogP contribution is 2.31. The van der Waals surface area contributed by atoms with E-state index in [-0.39, 0.29) is 5.82 Å². The monoisotopic (exact) mass is 456 g/mol. The Morgan fingerprint density at radius 1 is 1.06 bits per heavy atom. The zero-order valence-electron chi connectivity index (χ0n) is 16.4. The zero-order valence-corrected chi connectivity index (χ0v) is 18.0. The van der Waals surface area contributed by atoms with Crippen molar-refractivity contribution in [1.82, 2.24) is 24.9 Å². The lowest BCUT2D eigenvalue weighted by atomic mass is 10.2. The molecule has 0 N–H and O–H groups in total. The third-order valence-corrected chi connectivity index (χ3v) is 6.12. The van der Waals surface area contributed by atoms with Gasteiger partial charge in [-0.1, -0.05) is 34.6 Å². The van der Waals surface area contributed by atoms with Crippen molar-refractivity contribution in [2.45, 2.75) is 23.8 Å². The average Bonchev–Trinajstić information content (AvgIpc) is 3.53. The number of hydrogen-bond acceptors (Lipinski definition) is 7. The van der Waals surface area contributed by atoms with Crippen LogP contribution in [0.2, 0.25) is 5.02 Å². The SMILES string of the molecule is Fc1ccc(-c2nc(CSc3nnc(N4CCCC4)n3-c3cccc(Cl)c3)no2)cc1. The van der Waals surface area contributed by atoms with Gasteiger partial charge in [-0.15, -0.1) is 10.2 Å². The summed E-state index contributed by atoms with van der Waals surface area (Å²) in [4.78, 5) is 6.65. The highest BCUT2D eigenvalue weighted by atomic mass is 35.5. The maximum absolute atomic E-state index is 13.1. The van der Waals surface area contributed by atoms with Gasteiger partial charge in [-0.25, -0.2) is 4.39 Å². The fourth-order valence-electron chi connectivity index (χ4n) is 3.47. The van der Waals surface area contributed by atoms with Crippen LogP contribution in [0, 0.1) is 5.82 Å². The summed E-state index contributed by atoms with van der Waals surface area (Å²) in [6.45, 7) is 1.91. The molecule has 5 rings (SSSR count). The molecule has 31 heavy (non-hydrogen) atoms. The van der Waals surface area contributed by atoms with E-state index < -0.39 is 0 Å². The Hall–Kier alpha value is -2.91. The van der Waals surface area contributed by atoms with Gasteiger partial charge in [0, 0.05) is 23.7 Å². The van der Waals surface area contributed by atoms with Crippen molar-refractivity contribution in [2.24, 2.45) is 0 Å². The first-order valence-corrected chi connectivity index (χ1v) is 11.2. The molecule has 0 aliphatic carbocycles. The molecule has 0 bridgehead atoms. The lowest BCUT2D eigenvalue weighted by Crippen LogP contribution is -2.22. The van der Waals surface area contributed by atoms with E-state index in [0.717, 1.165) is 42.7 Å². The summed E-state index contributed by atoms with van der Waals surface area (Å²) < 4.78 is 20.5. The van der Waals surface area contributed by atoms with Crippen LogP contribution in [0.1, 0.15) is 18.7 Å². The summed E-state index contributed by atoms with van der Waals surface area (Å²) in [6.07, 6.45) is 2.28. The molecule has 0 amide bonds. The molecule has 0 unspecified atom stereocenters. The molecule has 0 atom stereocenters. The van der Waals surface area contributed by atoms with Crippen molar-refractivity contribution in [1.29, 1.82) is 0 Å². The molecular formula is C21H18ClFN6OS. The van der Waals surface area contributed by atoms with Crippen LogP contribution in [0.25, 0.3) is 17.1 Å². The number of hydrogen-bond donors (Lipinski definition) is 0. The standard InChI is InChI=1S/C21H18ClFN6OS/c22-15-4-3-5-17(12-15)29-20(28-10-1-2-11-28)25-26-21(29)31-13-18-24-19(30-27-18)14-6-8-16(23)9-7-14/h3-9,12H,1-2,10-11,13H2. The number of benzene rings is 2. The van der Waals surface area contributed by atoms with Crippen molar-refractivity contribution in [3.8, 4) is 17.1 Å². The van der Waals surface area contributed by atoms with E-state index in [4.69, 9.17) is 16.1 Å². The Morgan fingerprint density at radius 3 is 2.65 bits per heavy atom. The maximum Gasteiger partial charge on any atom is 0.257 e. The largest absolute Gasteiger partial charge is 0.341 e. The van der Waals surface area contributed by atoms with E-state index in [0.29, 0.717) is 28.1 Å². The van der Waals surface area contributed by atoms with Crippen LogP contribution in [-0.4, -0.2) is 38.0 Å². The van der Waals surface area contributed by atoms with Crippen LogP contribution in [0.3, 0.4) is 0 Å². The summed E-state index contributed by atoms with van der Waals surface area (Å²) in [7, 11) is 0. The molecule has 158 valence electrons. The number of nitrogens with zero attached hydrogens (tertiary/aromatic N) is 6. The van der Waals surface area contributed by atoms with Crippen LogP contribution in [-0.2, 0) is 5.75 Å². The normalized spacial score (nSPS) is 13.8. The molecule has 2 aromatic carbocycles. The lowest BCUT2D eigenvalue weighted by molar-refractivity contribution is 0.425. The van der Waals surface area contributed by atoms with Gasteiger partial charge < -0.3 is 9.42 Å². The van der Waals surface area contributed by atoms with Crippen molar-refractivity contribution in [2.75, 3.05) is 18.0 Å². The fourth-order valence-corrected chi connectivity index (χ4v) is 4.44. The predicted molar refractivity (Wildman–Crippen MR) is 117 cm³/mol. The van der Waals surface area contributed by atoms with Crippen molar-refractivity contribution >= 4 is 29.3 Å². The van der Waals surface area contributed by atoms with E-state index in [1.165, 1.54) is 23.9 Å². The number of rotatable bonds is 6. The van der Waals surface area contributed by atoms with Gasteiger partial charge in [-0.2, -0.15) is 4.98 Å². The predicted octanol–water partition coefficient (Wildman–Crippen LogP) is 5.00. The molecule has 1 aliphatic rings. The number of halogens is 2. The first-order chi connectivity index (χ1) is 15.2. The van der Waals surface area contributed by atoms with Crippen molar-refractivity contribution in [3.63, 3.8) is 0 Å². The highest BCUT2D eigenvalue weighted by molar-refractivity contribution is 7.98. The van der Waals surface area contributed by atoms with Crippen LogP contribution >= 0.6 is 23.4 Å². The molecule has 10 heteroatoms. The summed E-state index contributed by atoms with van der Waals surface area (Å²) in [5.41, 5.74) is 1.57. The Kier molecular flexibility index (Phi) is 5.61. The van der Waals surface area contributed by atoms with Crippen molar-refractivity contribution < 1.29 is 8.91 Å². The van der Waals surface area contributed by atoms with Crippen molar-refractivity contribution in [3.05, 3.63) is 65.2 Å². The zero-order chi connectivity index (χ0) is 21.2. The summed E-state index contributed by atoms with van der Waals surface area (Å²) in [6, 6.07) is 13.6. The summed E-state index contributed by atoms with van der Waals surface area (Å²) >= 11 is 7.71. The molecule has 1 fully saturated rings. The maximum atomic E-state index is 13.1. The minimum absolute atomic E-state index is 0.312. The lowest BCUT2D eigenvalue weighted by Gasteiger charge is -2.18. The molecule has 1 saturated heterocycles. The second-order valence-corrected chi connectivity index (χ2v) is 8.48. The first-order valence-electron chi connectivity index (χ1n) is 9.85. The Bertz CT molecular complexity index is 1190. The molecule has 2 aromatic heterocycles. The fraction of sp³-hybridized carbons (Fsp3) is 0.238. The highest BCUT2D eigenvalue weighted by Gasteiger charge is 2.23. The molecule has 3 heterocycles. The van der Waals surface area contributed by atoms with Gasteiger partial charge in [0.15, 0.2) is 11.0 Å². The second-order valence-electron chi connectivity index (χ2n) is 7.10. The van der Waals surface area contributed by atoms with Gasteiger partial charge in [-0.3, -0.25) is 4.57 Å². The van der Waals surface area contributed by atoms with E-state index in [9.17, 15) is 4.39 Å². The number of thioether (sulfide) groups is 1. The van der Waals surface area contributed by atoms with Gasteiger partial charge in [0.05, 0.1) is 11.4 Å². The van der Waals surface area contributed by atoms with E-state index >= 15 is 0 Å². The third kappa shape index (κ3) is 4.28. The minimum atomic E-state index is -0.312. The van der Waals surface area contributed by atoms with E-state index in [2.05, 4.69) is 25.2 Å². The Labute approximate surface area is 187 Å². The smallest absolute Gasteiger partial charge is 0.257 e. The Morgan fingerprint density at radius 2 is 1.87 bits per heavy atom. The van der Waals surface area contributed by atoms with Gasteiger partial charge >= 0.3 is 0 Å². The minimum Gasteiger partial charge on any atom is -0.341 e. The molecule has 0 spiro atoms. The van der Waals surface area contributed by atoms with Crippen LogP contribution in [0.5, 0.6) is 0 Å². The molecule has 4 aromatic rings. The van der Waals surface area contributed by atoms with Gasteiger partial charge in [-0.05, 0) is 55.3 Å². The topological polar surface area (TPSA) is 72.9 Å². The first kappa shape index (κ1) is 20.0. The van der Waals surface area contributed by atoms with E-state index in [1.54, 1.807) is 12.1 Å². The van der Waals surface area contributed by atoms with Crippen LogP contribution < -0.4 is 4.90 Å². The summed E-state index contributed by atoms with van der Waals surface area (Å²) in [5.74, 6) is 1.82.